The normalized spacial score (nSPS) is 22.2. The van der Waals surface area contributed by atoms with E-state index in [4.69, 9.17) is 4.98 Å². The van der Waals surface area contributed by atoms with Crippen LogP contribution in [0.2, 0.25) is 0 Å². The van der Waals surface area contributed by atoms with Gasteiger partial charge in [-0.05, 0) is 38.3 Å². The Bertz CT molecular complexity index is 996. The molecule has 1 aliphatic carbocycles. The summed E-state index contributed by atoms with van der Waals surface area (Å²) in [5, 5.41) is 10.9. The average molecular weight is 432 g/mol. The minimum atomic E-state index is -1.28. The second-order valence-electron chi connectivity index (χ2n) is 8.21. The Labute approximate surface area is 181 Å². The van der Waals surface area contributed by atoms with Crippen LogP contribution < -0.4 is 10.6 Å². The zero-order valence-corrected chi connectivity index (χ0v) is 17.7. The summed E-state index contributed by atoms with van der Waals surface area (Å²) in [4.78, 5) is 13.6. The van der Waals surface area contributed by atoms with Gasteiger partial charge in [-0.15, -0.1) is 12.4 Å². The molecule has 1 aliphatic heterocycles. The Hall–Kier alpha value is -2.32. The Morgan fingerprint density at radius 1 is 1.20 bits per heavy atom. The summed E-state index contributed by atoms with van der Waals surface area (Å²) in [5.74, 6) is 0.571. The Kier molecular flexibility index (Phi) is 6.15. The quantitative estimate of drug-likeness (QED) is 0.637. The molecule has 0 bridgehead atoms. The van der Waals surface area contributed by atoms with Gasteiger partial charge in [0.2, 0.25) is 0 Å². The molecule has 1 saturated carbocycles. The molecule has 2 N–H and O–H groups in total. The molecular formula is C21H27ClFN7. The van der Waals surface area contributed by atoms with Crippen molar-refractivity contribution in [2.75, 3.05) is 25.0 Å². The number of piperidine rings is 1. The summed E-state index contributed by atoms with van der Waals surface area (Å²) < 4.78 is 17.1. The molecule has 4 heterocycles. The molecule has 9 heteroatoms. The molecule has 0 amide bonds. The second-order valence-corrected chi connectivity index (χ2v) is 8.21. The van der Waals surface area contributed by atoms with Crippen LogP contribution >= 0.6 is 12.4 Å². The highest BCUT2D eigenvalue weighted by atomic mass is 35.5. The molecule has 7 nitrogen and oxygen atoms in total. The Balaban J connectivity index is 0.00000218. The van der Waals surface area contributed by atoms with E-state index in [1.807, 2.05) is 12.3 Å². The summed E-state index contributed by atoms with van der Waals surface area (Å²) in [6.45, 7) is 1.43. The highest BCUT2D eigenvalue weighted by Gasteiger charge is 2.31. The summed E-state index contributed by atoms with van der Waals surface area (Å²) in [6, 6.07) is 2.41. The van der Waals surface area contributed by atoms with Gasteiger partial charge in [-0.25, -0.2) is 14.4 Å². The fourth-order valence-corrected chi connectivity index (χ4v) is 4.41. The molecule has 160 valence electrons. The van der Waals surface area contributed by atoms with E-state index >= 15 is 4.39 Å². The van der Waals surface area contributed by atoms with Gasteiger partial charge in [-0.1, -0.05) is 12.8 Å². The van der Waals surface area contributed by atoms with Crippen LogP contribution in [0.15, 0.2) is 30.9 Å². The lowest BCUT2D eigenvalue weighted by atomic mass is 9.96. The molecule has 2 aliphatic rings. The Morgan fingerprint density at radius 2 is 2.03 bits per heavy atom. The van der Waals surface area contributed by atoms with Gasteiger partial charge < -0.3 is 10.6 Å². The van der Waals surface area contributed by atoms with Crippen LogP contribution in [0.1, 0.15) is 44.6 Å². The number of anilines is 1. The molecule has 1 unspecified atom stereocenters. The molecule has 0 aromatic carbocycles. The Morgan fingerprint density at radius 3 is 2.83 bits per heavy atom. The van der Waals surface area contributed by atoms with Crippen molar-refractivity contribution in [2.24, 2.45) is 0 Å². The van der Waals surface area contributed by atoms with E-state index in [1.165, 1.54) is 25.7 Å². The third-order valence-electron chi connectivity index (χ3n) is 6.05. The van der Waals surface area contributed by atoms with Crippen LogP contribution in [0.25, 0.3) is 22.3 Å². The third-order valence-corrected chi connectivity index (χ3v) is 6.05. The van der Waals surface area contributed by atoms with Crippen molar-refractivity contribution >= 4 is 29.3 Å². The topological polar surface area (TPSA) is 80.6 Å². The van der Waals surface area contributed by atoms with Crippen molar-refractivity contribution < 1.29 is 4.39 Å². The molecule has 0 radical (unpaired) electrons. The van der Waals surface area contributed by atoms with E-state index in [0.717, 1.165) is 29.7 Å². The average Bonchev–Trinajstić information content (AvgIpc) is 3.44. The predicted octanol–water partition coefficient (Wildman–Crippen LogP) is 3.93. The monoisotopic (exact) mass is 431 g/mol. The van der Waals surface area contributed by atoms with Gasteiger partial charge in [0.25, 0.3) is 0 Å². The van der Waals surface area contributed by atoms with E-state index in [9.17, 15) is 0 Å². The molecule has 1 saturated heterocycles. The van der Waals surface area contributed by atoms with Crippen LogP contribution in [0.4, 0.5) is 10.2 Å². The van der Waals surface area contributed by atoms with Crippen LogP contribution in [-0.2, 0) is 0 Å². The minimum Gasteiger partial charge on any atom is -0.365 e. The van der Waals surface area contributed by atoms with Crippen molar-refractivity contribution in [1.82, 2.24) is 30.0 Å². The van der Waals surface area contributed by atoms with Gasteiger partial charge in [0, 0.05) is 30.7 Å². The first-order chi connectivity index (χ1) is 14.2. The van der Waals surface area contributed by atoms with Crippen molar-refractivity contribution in [3.63, 3.8) is 0 Å². The van der Waals surface area contributed by atoms with Gasteiger partial charge in [-0.3, -0.25) is 9.67 Å². The van der Waals surface area contributed by atoms with E-state index in [1.54, 1.807) is 12.4 Å². The lowest BCUT2D eigenvalue weighted by Crippen LogP contribution is -2.46. The highest BCUT2D eigenvalue weighted by Crippen LogP contribution is 2.31. The number of pyridine rings is 1. The SMILES string of the molecule is Cl.FC1(CNc2nc(-c3cnn(C4CCCC4)c3)cc3nccnc23)CCCNC1. The number of alkyl halides is 1. The lowest BCUT2D eigenvalue weighted by molar-refractivity contribution is 0.137. The summed E-state index contributed by atoms with van der Waals surface area (Å²) in [7, 11) is 0. The molecule has 3 aromatic rings. The van der Waals surface area contributed by atoms with E-state index in [-0.39, 0.29) is 19.0 Å². The molecule has 5 rings (SSSR count). The molecule has 3 aromatic heterocycles. The fourth-order valence-electron chi connectivity index (χ4n) is 4.41. The maximum absolute atomic E-state index is 15.1. The first-order valence-corrected chi connectivity index (χ1v) is 10.5. The first kappa shape index (κ1) is 20.9. The standard InChI is InChI=1S/C21H26FN7.ClH/c22-21(6-3-7-23-13-21)14-26-20-19-18(24-8-9-25-19)10-17(28-20)15-11-27-29(12-15)16-4-1-2-5-16;/h8-12,16,23H,1-7,13-14H2,(H,26,28);1H. The number of nitrogens with zero attached hydrogens (tertiary/aromatic N) is 5. The van der Waals surface area contributed by atoms with Gasteiger partial charge in [0.05, 0.1) is 30.0 Å². The van der Waals surface area contributed by atoms with Crippen molar-refractivity contribution in [2.45, 2.75) is 50.2 Å². The van der Waals surface area contributed by atoms with Crippen LogP contribution in [0.5, 0.6) is 0 Å². The smallest absolute Gasteiger partial charge is 0.155 e. The molecule has 30 heavy (non-hydrogen) atoms. The first-order valence-electron chi connectivity index (χ1n) is 10.5. The number of nitrogens with one attached hydrogen (secondary N) is 2. The van der Waals surface area contributed by atoms with E-state index in [2.05, 4.69) is 36.6 Å². The number of aromatic nitrogens is 5. The van der Waals surface area contributed by atoms with E-state index in [0.29, 0.717) is 30.3 Å². The number of fused-ring (bicyclic) bond motifs is 1. The van der Waals surface area contributed by atoms with Gasteiger partial charge in [0.1, 0.15) is 11.2 Å². The number of halogens is 2. The van der Waals surface area contributed by atoms with Gasteiger partial charge >= 0.3 is 0 Å². The maximum atomic E-state index is 15.1. The maximum Gasteiger partial charge on any atom is 0.155 e. The molecular weight excluding hydrogens is 405 g/mol. The summed E-state index contributed by atoms with van der Waals surface area (Å²) >= 11 is 0. The second kappa shape index (κ2) is 8.81. The predicted molar refractivity (Wildman–Crippen MR) is 118 cm³/mol. The van der Waals surface area contributed by atoms with Crippen LogP contribution in [0.3, 0.4) is 0 Å². The van der Waals surface area contributed by atoms with Crippen molar-refractivity contribution in [3.8, 4) is 11.3 Å². The number of rotatable bonds is 5. The number of hydrogen-bond donors (Lipinski definition) is 2. The molecule has 1 atom stereocenters. The third kappa shape index (κ3) is 4.25. The molecule has 2 fully saturated rings. The molecule has 0 spiro atoms. The van der Waals surface area contributed by atoms with Crippen LogP contribution in [-0.4, -0.2) is 50.0 Å². The minimum absolute atomic E-state index is 0. The fraction of sp³-hybridized carbons (Fsp3) is 0.524. The van der Waals surface area contributed by atoms with Crippen LogP contribution in [0, 0.1) is 0 Å². The highest BCUT2D eigenvalue weighted by molar-refractivity contribution is 5.88. The van der Waals surface area contributed by atoms with Crippen molar-refractivity contribution in [3.05, 3.63) is 30.9 Å². The van der Waals surface area contributed by atoms with Crippen molar-refractivity contribution in [1.29, 1.82) is 0 Å². The van der Waals surface area contributed by atoms with E-state index < -0.39 is 5.67 Å². The summed E-state index contributed by atoms with van der Waals surface area (Å²) in [5.41, 5.74) is 1.84. The largest absolute Gasteiger partial charge is 0.365 e. The van der Waals surface area contributed by atoms with Gasteiger partial charge in [-0.2, -0.15) is 5.10 Å². The zero-order chi connectivity index (χ0) is 19.7. The summed E-state index contributed by atoms with van der Waals surface area (Å²) in [6.07, 6.45) is 13.5. The number of hydrogen-bond acceptors (Lipinski definition) is 6. The van der Waals surface area contributed by atoms with Gasteiger partial charge in [0.15, 0.2) is 5.82 Å². The zero-order valence-electron chi connectivity index (χ0n) is 16.9. The lowest BCUT2D eigenvalue weighted by Gasteiger charge is -2.30.